The van der Waals surface area contributed by atoms with Crippen LogP contribution in [0.2, 0.25) is 0 Å². The second-order valence-electron chi connectivity index (χ2n) is 14.9. The van der Waals surface area contributed by atoms with Gasteiger partial charge in [0, 0.05) is 22.4 Å². The zero-order chi connectivity index (χ0) is 35.7. The molecule has 0 unspecified atom stereocenters. The van der Waals surface area contributed by atoms with Crippen LogP contribution in [0.1, 0.15) is 47.2 Å². The summed E-state index contributed by atoms with van der Waals surface area (Å²) in [5.74, 6) is 0. The van der Waals surface area contributed by atoms with Crippen LogP contribution < -0.4 is 4.90 Å². The Labute approximate surface area is 312 Å². The molecule has 0 radical (unpaired) electrons. The van der Waals surface area contributed by atoms with E-state index in [1.807, 2.05) is 6.08 Å². The maximum atomic E-state index is 4.09. The second-order valence-corrected chi connectivity index (χ2v) is 14.9. The Morgan fingerprint density at radius 1 is 0.453 bits per heavy atom. The molecule has 0 atom stereocenters. The normalized spacial score (nSPS) is 15.2. The van der Waals surface area contributed by atoms with Crippen molar-refractivity contribution in [3.63, 3.8) is 0 Å². The molecule has 252 valence electrons. The van der Waals surface area contributed by atoms with Crippen molar-refractivity contribution in [3.8, 4) is 33.4 Å². The van der Waals surface area contributed by atoms with E-state index in [0.717, 1.165) is 11.4 Å². The summed E-state index contributed by atoms with van der Waals surface area (Å²) in [5.41, 5.74) is 19.7. The van der Waals surface area contributed by atoms with Gasteiger partial charge in [-0.3, -0.25) is 0 Å². The van der Waals surface area contributed by atoms with Gasteiger partial charge in [-0.05, 0) is 91.0 Å². The van der Waals surface area contributed by atoms with Crippen LogP contribution in [0.5, 0.6) is 0 Å². The number of fused-ring (bicyclic) bond motifs is 10. The highest BCUT2D eigenvalue weighted by Crippen LogP contribution is 2.64. The molecule has 0 aromatic heterocycles. The van der Waals surface area contributed by atoms with Crippen LogP contribution >= 0.6 is 0 Å². The van der Waals surface area contributed by atoms with Crippen molar-refractivity contribution < 1.29 is 0 Å². The molecule has 0 heterocycles. The van der Waals surface area contributed by atoms with Gasteiger partial charge in [-0.2, -0.15) is 0 Å². The largest absolute Gasteiger partial charge is 0.312 e. The Hall–Kier alpha value is -6.44. The lowest BCUT2D eigenvalue weighted by Crippen LogP contribution is -2.35. The van der Waals surface area contributed by atoms with Crippen molar-refractivity contribution in [1.29, 1.82) is 0 Å². The van der Waals surface area contributed by atoms with Gasteiger partial charge in [-0.1, -0.05) is 184 Å². The lowest BCUT2D eigenvalue weighted by molar-refractivity contribution is 0.662. The summed E-state index contributed by atoms with van der Waals surface area (Å²) in [5, 5.41) is 0. The molecular weight excluding hydrogens is 639 g/mol. The molecule has 0 bridgehead atoms. The molecule has 7 aromatic carbocycles. The van der Waals surface area contributed by atoms with E-state index in [4.69, 9.17) is 0 Å². The van der Waals surface area contributed by atoms with E-state index in [-0.39, 0.29) is 5.41 Å². The number of hydrogen-bond acceptors (Lipinski definition) is 1. The van der Waals surface area contributed by atoms with E-state index < -0.39 is 5.41 Å². The average Bonchev–Trinajstić information content (AvgIpc) is 3.76. The third kappa shape index (κ3) is 4.31. The number of rotatable bonds is 6. The van der Waals surface area contributed by atoms with E-state index in [2.05, 4.69) is 207 Å². The summed E-state index contributed by atoms with van der Waals surface area (Å²) < 4.78 is 0. The monoisotopic (exact) mass is 677 g/mol. The van der Waals surface area contributed by atoms with Gasteiger partial charge in [-0.15, -0.1) is 0 Å². The average molecular weight is 678 g/mol. The van der Waals surface area contributed by atoms with Crippen molar-refractivity contribution in [2.45, 2.75) is 24.7 Å². The van der Waals surface area contributed by atoms with Crippen LogP contribution in [0.25, 0.3) is 39.0 Å². The standard InChI is InChI=1S/C52H39N/c1-4-5-20-44-42-24-12-16-30-48(42)52(46-28-14-10-21-39(46)40-22-11-15-29-47(40)52)50(44)53(36-18-7-6-8-19-36)37-33-31-35(32-34-37)38-25-17-26-43-41-23-9-13-27-45(41)51(2,3)49(38)43/h4-34H,1H2,2-3H3/b20-5-. The number of anilines is 2. The fourth-order valence-corrected chi connectivity index (χ4v) is 9.77. The molecule has 10 rings (SSSR count). The molecule has 3 aliphatic carbocycles. The van der Waals surface area contributed by atoms with Gasteiger partial charge < -0.3 is 4.90 Å². The van der Waals surface area contributed by atoms with Crippen molar-refractivity contribution >= 4 is 16.9 Å². The summed E-state index contributed by atoms with van der Waals surface area (Å²) in [4.78, 5) is 2.51. The van der Waals surface area contributed by atoms with Crippen LogP contribution in [0.4, 0.5) is 11.4 Å². The molecule has 0 aliphatic heterocycles. The van der Waals surface area contributed by atoms with Gasteiger partial charge in [0.15, 0.2) is 0 Å². The summed E-state index contributed by atoms with van der Waals surface area (Å²) in [6, 6.07) is 62.9. The molecule has 0 saturated heterocycles. The quantitative estimate of drug-likeness (QED) is 0.158. The second kappa shape index (κ2) is 11.8. The predicted octanol–water partition coefficient (Wildman–Crippen LogP) is 13.3. The maximum absolute atomic E-state index is 4.09. The van der Waals surface area contributed by atoms with Gasteiger partial charge in [0.05, 0.1) is 11.1 Å². The molecule has 7 aromatic rings. The van der Waals surface area contributed by atoms with Gasteiger partial charge >= 0.3 is 0 Å². The fraction of sp³-hybridized carbons (Fsp3) is 0.0769. The molecule has 1 heteroatoms. The lowest BCUT2D eigenvalue weighted by Gasteiger charge is -2.39. The SMILES string of the molecule is C=C/C=C\C1=C(N(c2ccccc2)c2ccc(-c3cccc4c3C(C)(C)c3ccccc3-4)cc2)C2(c3ccccc31)c1ccccc1-c1ccccc12. The number of hydrogen-bond donors (Lipinski definition) is 0. The van der Waals surface area contributed by atoms with Crippen molar-refractivity contribution in [2.24, 2.45) is 0 Å². The van der Waals surface area contributed by atoms with E-state index in [0.29, 0.717) is 0 Å². The Morgan fingerprint density at radius 3 is 1.55 bits per heavy atom. The van der Waals surface area contributed by atoms with Crippen molar-refractivity contribution in [2.75, 3.05) is 4.90 Å². The van der Waals surface area contributed by atoms with Crippen LogP contribution in [0, 0.1) is 0 Å². The minimum Gasteiger partial charge on any atom is -0.312 e. The fourth-order valence-electron chi connectivity index (χ4n) is 9.77. The highest BCUT2D eigenvalue weighted by molar-refractivity contribution is 6.00. The topological polar surface area (TPSA) is 3.24 Å². The third-order valence-corrected chi connectivity index (χ3v) is 11.8. The first-order valence-electron chi connectivity index (χ1n) is 18.6. The van der Waals surface area contributed by atoms with Gasteiger partial charge in [0.2, 0.25) is 0 Å². The number of nitrogens with zero attached hydrogens (tertiary/aromatic N) is 1. The van der Waals surface area contributed by atoms with Crippen LogP contribution in [-0.2, 0) is 10.8 Å². The molecule has 0 fully saturated rings. The molecule has 3 aliphatic rings. The molecule has 0 amide bonds. The van der Waals surface area contributed by atoms with E-state index in [1.165, 1.54) is 78.0 Å². The van der Waals surface area contributed by atoms with Gasteiger partial charge in [0.25, 0.3) is 0 Å². The Morgan fingerprint density at radius 2 is 0.925 bits per heavy atom. The zero-order valence-electron chi connectivity index (χ0n) is 30.1. The Kier molecular flexibility index (Phi) is 6.97. The van der Waals surface area contributed by atoms with Crippen molar-refractivity contribution in [1.82, 2.24) is 0 Å². The number of allylic oxidation sites excluding steroid dienone is 5. The highest BCUT2D eigenvalue weighted by atomic mass is 15.2. The minimum absolute atomic E-state index is 0.0975. The molecule has 53 heavy (non-hydrogen) atoms. The van der Waals surface area contributed by atoms with Crippen LogP contribution in [0.3, 0.4) is 0 Å². The van der Waals surface area contributed by atoms with Crippen LogP contribution in [-0.4, -0.2) is 0 Å². The van der Waals surface area contributed by atoms with Crippen LogP contribution in [0.15, 0.2) is 200 Å². The first-order chi connectivity index (χ1) is 26.0. The Bertz CT molecular complexity index is 2610. The third-order valence-electron chi connectivity index (χ3n) is 11.8. The number of benzene rings is 7. The maximum Gasteiger partial charge on any atom is 0.0881 e. The molecule has 0 N–H and O–H groups in total. The van der Waals surface area contributed by atoms with Crippen molar-refractivity contribution in [3.05, 3.63) is 234 Å². The van der Waals surface area contributed by atoms with E-state index >= 15 is 0 Å². The van der Waals surface area contributed by atoms with E-state index in [1.54, 1.807) is 0 Å². The smallest absolute Gasteiger partial charge is 0.0881 e. The van der Waals surface area contributed by atoms with E-state index in [9.17, 15) is 0 Å². The number of para-hydroxylation sites is 1. The molecule has 1 nitrogen and oxygen atoms in total. The first kappa shape index (κ1) is 31.3. The highest BCUT2D eigenvalue weighted by Gasteiger charge is 2.54. The predicted molar refractivity (Wildman–Crippen MR) is 222 cm³/mol. The summed E-state index contributed by atoms with van der Waals surface area (Å²) in [7, 11) is 0. The lowest BCUT2D eigenvalue weighted by atomic mass is 9.71. The molecule has 0 saturated carbocycles. The summed E-state index contributed by atoms with van der Waals surface area (Å²) in [6.45, 7) is 8.82. The Balaban J connectivity index is 1.23. The summed E-state index contributed by atoms with van der Waals surface area (Å²) in [6.07, 6.45) is 6.23. The molecular formula is C52H39N. The first-order valence-corrected chi connectivity index (χ1v) is 18.6. The summed E-state index contributed by atoms with van der Waals surface area (Å²) >= 11 is 0. The van der Waals surface area contributed by atoms with Gasteiger partial charge in [-0.25, -0.2) is 0 Å². The van der Waals surface area contributed by atoms with Gasteiger partial charge in [0.1, 0.15) is 0 Å². The minimum atomic E-state index is -0.546. The zero-order valence-corrected chi connectivity index (χ0v) is 30.1. The molecule has 1 spiro atoms.